The van der Waals surface area contributed by atoms with E-state index in [1.165, 1.54) is 31.1 Å². The van der Waals surface area contributed by atoms with Gasteiger partial charge in [-0.25, -0.2) is 0 Å². The fourth-order valence-corrected chi connectivity index (χ4v) is 3.25. The van der Waals surface area contributed by atoms with Crippen molar-refractivity contribution in [2.24, 2.45) is 5.92 Å². The number of carbonyl (C=O) groups excluding carboxylic acids is 1. The second-order valence-corrected chi connectivity index (χ2v) is 6.42. The maximum atomic E-state index is 12.5. The maximum Gasteiger partial charge on any atom is 0.257 e. The lowest BCUT2D eigenvalue weighted by molar-refractivity contribution is 0.0730. The van der Waals surface area contributed by atoms with Gasteiger partial charge in [0, 0.05) is 44.4 Å². The molecule has 2 aliphatic rings. The van der Waals surface area contributed by atoms with Crippen LogP contribution >= 0.6 is 0 Å². The molecular weight excluding hydrogens is 294 g/mol. The molecule has 0 bridgehead atoms. The zero-order valence-corrected chi connectivity index (χ0v) is 13.3. The van der Waals surface area contributed by atoms with E-state index in [4.69, 9.17) is 14.3 Å². The molecule has 122 valence electrons. The van der Waals surface area contributed by atoms with Crippen molar-refractivity contribution in [1.82, 2.24) is 14.7 Å². The Bertz CT molecular complexity index is 701. The predicted octanol–water partition coefficient (Wildman–Crippen LogP) is 2.23. The van der Waals surface area contributed by atoms with Gasteiger partial charge < -0.3 is 14.1 Å². The third-order valence-electron chi connectivity index (χ3n) is 4.68. The molecule has 0 N–H and O–H groups in total. The average molecular weight is 315 g/mol. The summed E-state index contributed by atoms with van der Waals surface area (Å²) in [5.74, 6) is 0.794. The Kier molecular flexibility index (Phi) is 3.69. The van der Waals surface area contributed by atoms with Crippen LogP contribution < -0.4 is 0 Å². The number of amides is 1. The number of hydrogen-bond donors (Lipinski definition) is 0. The van der Waals surface area contributed by atoms with Gasteiger partial charge in [0.05, 0.1) is 24.1 Å². The summed E-state index contributed by atoms with van der Waals surface area (Å²) in [6, 6.07) is 1.71. The fourth-order valence-electron chi connectivity index (χ4n) is 3.25. The van der Waals surface area contributed by atoms with Crippen LogP contribution in [0, 0.1) is 5.92 Å². The van der Waals surface area contributed by atoms with Gasteiger partial charge in [-0.05, 0) is 24.8 Å². The number of ether oxygens (including phenoxy) is 1. The average Bonchev–Trinajstić information content (AvgIpc) is 3.09. The molecule has 23 heavy (non-hydrogen) atoms. The molecule has 1 aliphatic carbocycles. The summed E-state index contributed by atoms with van der Waals surface area (Å²) >= 11 is 0. The van der Waals surface area contributed by atoms with Crippen LogP contribution in [0.15, 0.2) is 23.0 Å². The van der Waals surface area contributed by atoms with Gasteiger partial charge in [0.2, 0.25) is 0 Å². The van der Waals surface area contributed by atoms with E-state index in [1.54, 1.807) is 13.2 Å². The minimum Gasteiger partial charge on any atom is -0.472 e. The number of hydrogen-bond acceptors (Lipinski definition) is 4. The predicted molar refractivity (Wildman–Crippen MR) is 82.8 cm³/mol. The van der Waals surface area contributed by atoms with E-state index in [2.05, 4.69) is 4.68 Å². The molecule has 2 aromatic rings. The van der Waals surface area contributed by atoms with Gasteiger partial charge in [-0.3, -0.25) is 9.48 Å². The third kappa shape index (κ3) is 2.79. The van der Waals surface area contributed by atoms with Crippen LogP contribution in [0.1, 0.15) is 40.2 Å². The molecule has 6 nitrogen and oxygen atoms in total. The van der Waals surface area contributed by atoms with Gasteiger partial charge in [0.25, 0.3) is 5.91 Å². The Labute approximate surface area is 135 Å². The van der Waals surface area contributed by atoms with Gasteiger partial charge in [0.1, 0.15) is 6.26 Å². The van der Waals surface area contributed by atoms with E-state index in [0.717, 1.165) is 36.7 Å². The molecule has 1 fully saturated rings. The molecule has 0 aromatic carbocycles. The maximum absolute atomic E-state index is 12.5. The highest BCUT2D eigenvalue weighted by atomic mass is 16.5. The first-order chi connectivity index (χ1) is 11.3. The van der Waals surface area contributed by atoms with Crippen LogP contribution in [0.5, 0.6) is 0 Å². The zero-order chi connectivity index (χ0) is 15.8. The van der Waals surface area contributed by atoms with Gasteiger partial charge >= 0.3 is 0 Å². The number of aromatic nitrogens is 2. The number of nitrogens with zero attached hydrogens (tertiary/aromatic N) is 3. The highest BCUT2D eigenvalue weighted by Crippen LogP contribution is 2.33. The van der Waals surface area contributed by atoms with E-state index in [1.807, 2.05) is 4.90 Å². The topological polar surface area (TPSA) is 60.5 Å². The van der Waals surface area contributed by atoms with E-state index in [9.17, 15) is 4.79 Å². The molecule has 0 spiro atoms. The van der Waals surface area contributed by atoms with E-state index >= 15 is 0 Å². The Hall–Kier alpha value is -2.08. The second kappa shape index (κ2) is 5.85. The number of rotatable bonds is 5. The van der Waals surface area contributed by atoms with Gasteiger partial charge in [0.15, 0.2) is 0 Å². The van der Waals surface area contributed by atoms with Crippen molar-refractivity contribution in [3.05, 3.63) is 41.1 Å². The van der Waals surface area contributed by atoms with Crippen molar-refractivity contribution in [2.75, 3.05) is 13.7 Å². The Morgan fingerprint density at radius 1 is 1.48 bits per heavy atom. The normalized spacial score (nSPS) is 17.3. The number of fused-ring (bicyclic) bond motifs is 1. The molecular formula is C17H21N3O3. The SMILES string of the molecule is COCc1nn(CC2CC2)c2c1CN(C(=O)c1ccoc1)CC2. The van der Waals surface area contributed by atoms with Gasteiger partial charge in [-0.2, -0.15) is 5.10 Å². The first-order valence-corrected chi connectivity index (χ1v) is 8.14. The van der Waals surface area contributed by atoms with Crippen LogP contribution in [0.4, 0.5) is 0 Å². The first-order valence-electron chi connectivity index (χ1n) is 8.14. The molecule has 0 radical (unpaired) electrons. The van der Waals surface area contributed by atoms with Crippen LogP contribution in [0.2, 0.25) is 0 Å². The Balaban J connectivity index is 1.59. The summed E-state index contributed by atoms with van der Waals surface area (Å²) in [6.45, 7) is 2.82. The quantitative estimate of drug-likeness (QED) is 0.849. The highest BCUT2D eigenvalue weighted by molar-refractivity contribution is 5.93. The molecule has 3 heterocycles. The van der Waals surface area contributed by atoms with Gasteiger partial charge in [-0.15, -0.1) is 0 Å². The molecule has 0 saturated heterocycles. The summed E-state index contributed by atoms with van der Waals surface area (Å²) in [5, 5.41) is 4.75. The smallest absolute Gasteiger partial charge is 0.257 e. The second-order valence-electron chi connectivity index (χ2n) is 6.42. The summed E-state index contributed by atoms with van der Waals surface area (Å²) in [5.41, 5.74) is 4.01. The van der Waals surface area contributed by atoms with Crippen LogP contribution in [0.25, 0.3) is 0 Å². The van der Waals surface area contributed by atoms with Crippen molar-refractivity contribution in [1.29, 1.82) is 0 Å². The van der Waals surface area contributed by atoms with Crippen molar-refractivity contribution in [2.45, 2.75) is 39.0 Å². The molecule has 2 aromatic heterocycles. The van der Waals surface area contributed by atoms with E-state index in [-0.39, 0.29) is 5.91 Å². The molecule has 0 atom stereocenters. The lowest BCUT2D eigenvalue weighted by Crippen LogP contribution is -2.36. The molecule has 0 unspecified atom stereocenters. The fraction of sp³-hybridized carbons (Fsp3) is 0.529. The van der Waals surface area contributed by atoms with Crippen molar-refractivity contribution < 1.29 is 13.9 Å². The molecule has 6 heteroatoms. The monoisotopic (exact) mass is 315 g/mol. The van der Waals surface area contributed by atoms with E-state index in [0.29, 0.717) is 18.7 Å². The minimum absolute atomic E-state index is 0.0164. The largest absolute Gasteiger partial charge is 0.472 e. The Morgan fingerprint density at radius 2 is 2.35 bits per heavy atom. The van der Waals surface area contributed by atoms with Gasteiger partial charge in [-0.1, -0.05) is 0 Å². The van der Waals surface area contributed by atoms with Crippen LogP contribution in [0.3, 0.4) is 0 Å². The van der Waals surface area contributed by atoms with Crippen molar-refractivity contribution in [3.63, 3.8) is 0 Å². The number of furan rings is 1. The van der Waals surface area contributed by atoms with E-state index < -0.39 is 0 Å². The van der Waals surface area contributed by atoms with Crippen molar-refractivity contribution >= 4 is 5.91 Å². The summed E-state index contributed by atoms with van der Waals surface area (Å²) in [4.78, 5) is 14.4. The van der Waals surface area contributed by atoms with Crippen LogP contribution in [-0.2, 0) is 30.9 Å². The third-order valence-corrected chi connectivity index (χ3v) is 4.68. The summed E-state index contributed by atoms with van der Waals surface area (Å²) in [7, 11) is 1.68. The lowest BCUT2D eigenvalue weighted by Gasteiger charge is -2.27. The van der Waals surface area contributed by atoms with Crippen LogP contribution in [-0.4, -0.2) is 34.2 Å². The zero-order valence-electron chi connectivity index (χ0n) is 13.3. The molecule has 1 amide bonds. The Morgan fingerprint density at radius 3 is 3.04 bits per heavy atom. The van der Waals surface area contributed by atoms with Crippen molar-refractivity contribution in [3.8, 4) is 0 Å². The highest BCUT2D eigenvalue weighted by Gasteiger charge is 2.30. The lowest BCUT2D eigenvalue weighted by atomic mass is 10.0. The standard InChI is InChI=1S/C17H21N3O3/c1-22-11-15-14-9-19(17(21)13-5-7-23-10-13)6-4-16(14)20(18-15)8-12-2-3-12/h5,7,10,12H,2-4,6,8-9,11H2,1H3. The molecule has 4 rings (SSSR count). The minimum atomic E-state index is 0.0164. The summed E-state index contributed by atoms with van der Waals surface area (Å²) < 4.78 is 12.5. The molecule has 1 aliphatic heterocycles. The first kappa shape index (κ1) is 14.5. The molecule has 1 saturated carbocycles. The summed E-state index contributed by atoms with van der Waals surface area (Å²) in [6.07, 6.45) is 6.50. The number of methoxy groups -OCH3 is 1. The number of carbonyl (C=O) groups is 1.